The molecule has 1 amide bonds. The first kappa shape index (κ1) is 17.4. The molecular weight excluding hydrogens is 314 g/mol. The molecule has 1 saturated heterocycles. The van der Waals surface area contributed by atoms with E-state index in [2.05, 4.69) is 4.90 Å². The van der Waals surface area contributed by atoms with Crippen LogP contribution in [0.5, 0.6) is 0 Å². The second kappa shape index (κ2) is 7.23. The van der Waals surface area contributed by atoms with Crippen molar-refractivity contribution in [3.05, 3.63) is 58.9 Å². The summed E-state index contributed by atoms with van der Waals surface area (Å²) in [5, 5.41) is 0. The van der Waals surface area contributed by atoms with Crippen molar-refractivity contribution in [3.63, 3.8) is 0 Å². The van der Waals surface area contributed by atoms with E-state index < -0.39 is 0 Å². The zero-order valence-electron chi connectivity index (χ0n) is 15.2. The fourth-order valence-corrected chi connectivity index (χ4v) is 3.30. The van der Waals surface area contributed by atoms with E-state index in [1.54, 1.807) is 0 Å². The van der Waals surface area contributed by atoms with Crippen LogP contribution in [0.4, 0.5) is 0 Å². The van der Waals surface area contributed by atoms with Crippen molar-refractivity contribution in [2.75, 3.05) is 32.7 Å². The molecule has 1 fully saturated rings. The molecule has 0 saturated carbocycles. The maximum absolute atomic E-state index is 12.6. The summed E-state index contributed by atoms with van der Waals surface area (Å²) in [6, 6.07) is 11.3. The number of piperazine rings is 1. The monoisotopic (exact) mass is 339 g/mol. The molecule has 1 aromatic carbocycles. The fraction of sp³-hybridized carbons (Fsp3) is 0.400. The van der Waals surface area contributed by atoms with Gasteiger partial charge in [0.15, 0.2) is 5.78 Å². The summed E-state index contributed by atoms with van der Waals surface area (Å²) in [7, 11) is 1.98. The Bertz CT molecular complexity index is 772. The number of aryl methyl sites for hydroxylation is 1. The van der Waals surface area contributed by atoms with E-state index in [1.165, 1.54) is 0 Å². The average Bonchev–Trinajstić information content (AvgIpc) is 2.90. The van der Waals surface area contributed by atoms with Gasteiger partial charge in [0, 0.05) is 55.7 Å². The van der Waals surface area contributed by atoms with Crippen molar-refractivity contribution in [2.24, 2.45) is 7.05 Å². The first-order valence-electron chi connectivity index (χ1n) is 8.70. The van der Waals surface area contributed by atoms with Gasteiger partial charge in [0.25, 0.3) is 5.91 Å². The summed E-state index contributed by atoms with van der Waals surface area (Å²) in [5.74, 6) is 0.227. The summed E-state index contributed by atoms with van der Waals surface area (Å²) in [5.41, 5.74) is 3.64. The molecule has 0 bridgehead atoms. The number of ketones is 1. The molecule has 2 heterocycles. The molecule has 25 heavy (non-hydrogen) atoms. The van der Waals surface area contributed by atoms with Crippen LogP contribution in [0, 0.1) is 13.8 Å². The quantitative estimate of drug-likeness (QED) is 0.803. The first-order chi connectivity index (χ1) is 12.0. The number of rotatable bonds is 4. The lowest BCUT2D eigenvalue weighted by Crippen LogP contribution is -2.49. The molecule has 2 aromatic rings. The second-order valence-corrected chi connectivity index (χ2v) is 6.70. The minimum atomic E-state index is 0.0705. The molecule has 3 rings (SSSR count). The van der Waals surface area contributed by atoms with E-state index in [4.69, 9.17) is 0 Å². The van der Waals surface area contributed by atoms with Gasteiger partial charge >= 0.3 is 0 Å². The molecule has 0 atom stereocenters. The number of Topliss-reactive ketones (excluding diaryl/α,β-unsaturated/α-hetero) is 1. The lowest BCUT2D eigenvalue weighted by Gasteiger charge is -2.34. The molecule has 1 aliphatic rings. The molecular formula is C20H25N3O2. The zero-order valence-corrected chi connectivity index (χ0v) is 15.2. The number of carbonyl (C=O) groups is 2. The van der Waals surface area contributed by atoms with Crippen molar-refractivity contribution in [2.45, 2.75) is 13.8 Å². The average molecular weight is 339 g/mol. The predicted molar refractivity (Wildman–Crippen MR) is 98.0 cm³/mol. The Hall–Kier alpha value is -2.40. The van der Waals surface area contributed by atoms with Gasteiger partial charge in [-0.2, -0.15) is 0 Å². The predicted octanol–water partition coefficient (Wildman–Crippen LogP) is 2.28. The van der Waals surface area contributed by atoms with Gasteiger partial charge in [-0.05, 0) is 32.0 Å². The van der Waals surface area contributed by atoms with Crippen LogP contribution in [-0.2, 0) is 7.05 Å². The molecule has 5 nitrogen and oxygen atoms in total. The van der Waals surface area contributed by atoms with Gasteiger partial charge in [0.1, 0.15) is 0 Å². The van der Waals surface area contributed by atoms with Gasteiger partial charge in [0.2, 0.25) is 0 Å². The number of benzene rings is 1. The Morgan fingerprint density at radius 3 is 2.20 bits per heavy atom. The van der Waals surface area contributed by atoms with Gasteiger partial charge < -0.3 is 9.47 Å². The fourth-order valence-electron chi connectivity index (χ4n) is 3.30. The maximum atomic E-state index is 12.6. The number of aromatic nitrogens is 1. The van der Waals surface area contributed by atoms with Gasteiger partial charge in [-0.3, -0.25) is 14.5 Å². The second-order valence-electron chi connectivity index (χ2n) is 6.70. The van der Waals surface area contributed by atoms with Crippen LogP contribution in [0.3, 0.4) is 0 Å². The standard InChI is InChI=1S/C20H25N3O2/c1-15-13-18(16(2)21(15)3)19(24)14-22-9-11-23(12-10-22)20(25)17-7-5-4-6-8-17/h4-8,13H,9-12,14H2,1-3H3. The Balaban J connectivity index is 1.56. The van der Waals surface area contributed by atoms with Crippen molar-refractivity contribution in [1.82, 2.24) is 14.4 Å². The largest absolute Gasteiger partial charge is 0.351 e. The summed E-state index contributed by atoms with van der Waals surface area (Å²) < 4.78 is 2.05. The topological polar surface area (TPSA) is 45.6 Å². The Kier molecular flexibility index (Phi) is 5.04. The van der Waals surface area contributed by atoms with Crippen LogP contribution in [0.1, 0.15) is 32.1 Å². The highest BCUT2D eigenvalue weighted by Crippen LogP contribution is 2.15. The first-order valence-corrected chi connectivity index (χ1v) is 8.70. The molecule has 0 spiro atoms. The molecule has 1 aliphatic heterocycles. The third-order valence-electron chi connectivity index (χ3n) is 5.12. The zero-order chi connectivity index (χ0) is 18.0. The minimum Gasteiger partial charge on any atom is -0.351 e. The Morgan fingerprint density at radius 2 is 1.64 bits per heavy atom. The van der Waals surface area contributed by atoms with E-state index in [0.29, 0.717) is 19.6 Å². The summed E-state index contributed by atoms with van der Waals surface area (Å²) in [6.45, 7) is 7.19. The van der Waals surface area contributed by atoms with E-state index in [-0.39, 0.29) is 11.7 Å². The Morgan fingerprint density at radius 1 is 1.00 bits per heavy atom. The van der Waals surface area contributed by atoms with E-state index in [0.717, 1.165) is 35.6 Å². The van der Waals surface area contributed by atoms with E-state index >= 15 is 0 Å². The van der Waals surface area contributed by atoms with Crippen LogP contribution in [0.25, 0.3) is 0 Å². The van der Waals surface area contributed by atoms with Crippen LogP contribution in [0.2, 0.25) is 0 Å². The number of amides is 1. The third-order valence-corrected chi connectivity index (χ3v) is 5.12. The Labute approximate surface area is 148 Å². The highest BCUT2D eigenvalue weighted by atomic mass is 16.2. The molecule has 0 N–H and O–H groups in total. The highest BCUT2D eigenvalue weighted by Gasteiger charge is 2.24. The molecule has 1 aromatic heterocycles. The van der Waals surface area contributed by atoms with E-state index in [1.807, 2.05) is 66.8 Å². The maximum Gasteiger partial charge on any atom is 0.253 e. The minimum absolute atomic E-state index is 0.0705. The lowest BCUT2D eigenvalue weighted by molar-refractivity contribution is 0.0624. The lowest BCUT2D eigenvalue weighted by atomic mass is 10.1. The van der Waals surface area contributed by atoms with Crippen LogP contribution >= 0.6 is 0 Å². The van der Waals surface area contributed by atoms with Crippen molar-refractivity contribution < 1.29 is 9.59 Å². The summed E-state index contributed by atoms with van der Waals surface area (Å²) >= 11 is 0. The number of nitrogens with zero attached hydrogens (tertiary/aromatic N) is 3. The normalized spacial score (nSPS) is 15.4. The van der Waals surface area contributed by atoms with Crippen LogP contribution in [-0.4, -0.2) is 58.8 Å². The van der Waals surface area contributed by atoms with Crippen LogP contribution in [0.15, 0.2) is 36.4 Å². The SMILES string of the molecule is Cc1cc(C(=O)CN2CCN(C(=O)c3ccccc3)CC2)c(C)n1C. The van der Waals surface area contributed by atoms with Crippen LogP contribution < -0.4 is 0 Å². The van der Waals surface area contributed by atoms with Crippen molar-refractivity contribution in [3.8, 4) is 0 Å². The van der Waals surface area contributed by atoms with Gasteiger partial charge in [-0.15, -0.1) is 0 Å². The number of carbonyl (C=O) groups excluding carboxylic acids is 2. The van der Waals surface area contributed by atoms with Gasteiger partial charge in [0.05, 0.1) is 6.54 Å². The van der Waals surface area contributed by atoms with Crippen molar-refractivity contribution >= 4 is 11.7 Å². The molecule has 0 unspecified atom stereocenters. The molecule has 5 heteroatoms. The van der Waals surface area contributed by atoms with E-state index in [9.17, 15) is 9.59 Å². The van der Waals surface area contributed by atoms with Crippen molar-refractivity contribution in [1.29, 1.82) is 0 Å². The smallest absolute Gasteiger partial charge is 0.253 e. The highest BCUT2D eigenvalue weighted by molar-refractivity contribution is 5.99. The van der Waals surface area contributed by atoms with Gasteiger partial charge in [-0.1, -0.05) is 18.2 Å². The number of hydrogen-bond donors (Lipinski definition) is 0. The summed E-state index contributed by atoms with van der Waals surface area (Å²) in [6.07, 6.45) is 0. The third kappa shape index (κ3) is 3.66. The molecule has 132 valence electrons. The summed E-state index contributed by atoms with van der Waals surface area (Å²) in [4.78, 5) is 29.1. The molecule has 0 radical (unpaired) electrons. The van der Waals surface area contributed by atoms with Gasteiger partial charge in [-0.25, -0.2) is 0 Å². The molecule has 0 aliphatic carbocycles. The number of hydrogen-bond acceptors (Lipinski definition) is 3.